The number of hydrogen-bond donors (Lipinski definition) is 2. The van der Waals surface area contributed by atoms with Gasteiger partial charge in [-0.25, -0.2) is 0 Å². The van der Waals surface area contributed by atoms with E-state index >= 15 is 0 Å². The molecule has 94 valence electrons. The van der Waals surface area contributed by atoms with E-state index in [1.54, 1.807) is 6.92 Å². The van der Waals surface area contributed by atoms with Gasteiger partial charge in [0.25, 0.3) is 0 Å². The predicted octanol–water partition coefficient (Wildman–Crippen LogP) is 0.795. The highest BCUT2D eigenvalue weighted by Gasteiger charge is 2.13. The first kappa shape index (κ1) is 12.0. The number of carbonyl (C=O) groups is 1. The number of nitrogens with zero attached hydrogens (tertiary/aromatic N) is 4. The molecule has 1 aromatic heterocycles. The second kappa shape index (κ2) is 5.26. The third-order valence-corrected chi connectivity index (χ3v) is 2.46. The van der Waals surface area contributed by atoms with Crippen LogP contribution in [0.4, 0.5) is 5.95 Å². The minimum absolute atomic E-state index is 0.266. The number of hydrogen-bond acceptors (Lipinski definition) is 5. The van der Waals surface area contributed by atoms with Gasteiger partial charge >= 0.3 is 5.97 Å². The SMILES string of the molecule is CC(CNc1nnnn1-c1ccccc1)C(=O)O. The van der Waals surface area contributed by atoms with E-state index in [9.17, 15) is 4.79 Å². The molecule has 0 aliphatic rings. The van der Waals surface area contributed by atoms with Crippen molar-refractivity contribution in [3.8, 4) is 5.69 Å². The molecule has 0 radical (unpaired) electrons. The van der Waals surface area contributed by atoms with Gasteiger partial charge < -0.3 is 10.4 Å². The number of tetrazole rings is 1. The Balaban J connectivity index is 2.12. The van der Waals surface area contributed by atoms with Crippen molar-refractivity contribution in [1.29, 1.82) is 0 Å². The Morgan fingerprint density at radius 1 is 1.44 bits per heavy atom. The minimum atomic E-state index is -0.860. The van der Waals surface area contributed by atoms with Gasteiger partial charge in [-0.15, -0.1) is 0 Å². The molecule has 1 atom stereocenters. The van der Waals surface area contributed by atoms with Crippen molar-refractivity contribution < 1.29 is 9.90 Å². The lowest BCUT2D eigenvalue weighted by molar-refractivity contribution is -0.140. The van der Waals surface area contributed by atoms with Crippen LogP contribution in [0.1, 0.15) is 6.92 Å². The maximum atomic E-state index is 10.7. The van der Waals surface area contributed by atoms with Gasteiger partial charge in [-0.3, -0.25) is 4.79 Å². The summed E-state index contributed by atoms with van der Waals surface area (Å²) in [5.41, 5.74) is 0.813. The molecule has 0 bridgehead atoms. The Labute approximate surface area is 103 Å². The van der Waals surface area contributed by atoms with E-state index in [1.165, 1.54) is 4.68 Å². The van der Waals surface area contributed by atoms with Gasteiger partial charge in [0.15, 0.2) is 0 Å². The van der Waals surface area contributed by atoms with Crippen LogP contribution < -0.4 is 5.32 Å². The molecule has 2 aromatic rings. The van der Waals surface area contributed by atoms with Crippen LogP contribution in [0.2, 0.25) is 0 Å². The van der Waals surface area contributed by atoms with Gasteiger partial charge in [0.1, 0.15) is 0 Å². The van der Waals surface area contributed by atoms with Crippen molar-refractivity contribution in [3.63, 3.8) is 0 Å². The Bertz CT molecular complexity index is 525. The lowest BCUT2D eigenvalue weighted by Gasteiger charge is -2.09. The molecule has 1 unspecified atom stereocenters. The number of carboxylic acid groups (broad SMARTS) is 1. The molecular formula is C11H13N5O2. The van der Waals surface area contributed by atoms with Gasteiger partial charge in [-0.05, 0) is 22.6 Å². The first-order valence-electron chi connectivity index (χ1n) is 5.49. The van der Waals surface area contributed by atoms with Gasteiger partial charge in [-0.1, -0.05) is 30.2 Å². The summed E-state index contributed by atoms with van der Waals surface area (Å²) >= 11 is 0. The Morgan fingerprint density at radius 2 is 2.17 bits per heavy atom. The van der Waals surface area contributed by atoms with E-state index in [0.717, 1.165) is 5.69 Å². The topological polar surface area (TPSA) is 92.9 Å². The van der Waals surface area contributed by atoms with Gasteiger partial charge in [-0.2, -0.15) is 4.68 Å². The summed E-state index contributed by atoms with van der Waals surface area (Å²) in [5.74, 6) is -0.943. The first-order chi connectivity index (χ1) is 8.68. The van der Waals surface area contributed by atoms with Crippen LogP contribution in [0.3, 0.4) is 0 Å². The predicted molar refractivity (Wildman–Crippen MR) is 64.4 cm³/mol. The van der Waals surface area contributed by atoms with Crippen molar-refractivity contribution in [3.05, 3.63) is 30.3 Å². The molecule has 1 aromatic carbocycles. The zero-order chi connectivity index (χ0) is 13.0. The fourth-order valence-electron chi connectivity index (χ4n) is 1.37. The second-order valence-electron chi connectivity index (χ2n) is 3.87. The summed E-state index contributed by atoms with van der Waals surface area (Å²) in [5, 5.41) is 23.0. The van der Waals surface area contributed by atoms with Crippen molar-refractivity contribution in [2.75, 3.05) is 11.9 Å². The quantitative estimate of drug-likeness (QED) is 0.811. The van der Waals surface area contributed by atoms with Gasteiger partial charge in [0, 0.05) is 6.54 Å². The maximum Gasteiger partial charge on any atom is 0.308 e. The Hall–Kier alpha value is -2.44. The highest BCUT2D eigenvalue weighted by atomic mass is 16.4. The Kier molecular flexibility index (Phi) is 3.52. The average Bonchev–Trinajstić information content (AvgIpc) is 2.85. The number of benzene rings is 1. The number of aliphatic carboxylic acids is 1. The number of rotatable bonds is 5. The monoisotopic (exact) mass is 247 g/mol. The van der Waals surface area contributed by atoms with Crippen molar-refractivity contribution >= 4 is 11.9 Å². The van der Waals surface area contributed by atoms with E-state index in [1.807, 2.05) is 30.3 Å². The number of nitrogens with one attached hydrogen (secondary N) is 1. The van der Waals surface area contributed by atoms with Crippen LogP contribution in [0.5, 0.6) is 0 Å². The zero-order valence-corrected chi connectivity index (χ0v) is 9.82. The number of para-hydroxylation sites is 1. The van der Waals surface area contributed by atoms with Gasteiger partial charge in [0.2, 0.25) is 5.95 Å². The molecule has 18 heavy (non-hydrogen) atoms. The molecule has 0 saturated heterocycles. The average molecular weight is 247 g/mol. The van der Waals surface area contributed by atoms with Crippen LogP contribution in [0.15, 0.2) is 30.3 Å². The largest absolute Gasteiger partial charge is 0.481 e. The summed E-state index contributed by atoms with van der Waals surface area (Å²) in [4.78, 5) is 10.7. The third-order valence-electron chi connectivity index (χ3n) is 2.46. The number of anilines is 1. The molecule has 0 spiro atoms. The van der Waals surface area contributed by atoms with Gasteiger partial charge in [0.05, 0.1) is 11.6 Å². The molecule has 7 nitrogen and oxygen atoms in total. The highest BCUT2D eigenvalue weighted by Crippen LogP contribution is 2.10. The molecule has 0 aliphatic heterocycles. The van der Waals surface area contributed by atoms with E-state index in [4.69, 9.17) is 5.11 Å². The molecular weight excluding hydrogens is 234 g/mol. The lowest BCUT2D eigenvalue weighted by atomic mass is 10.2. The summed E-state index contributed by atoms with van der Waals surface area (Å²) in [6.45, 7) is 1.88. The molecule has 2 N–H and O–H groups in total. The first-order valence-corrected chi connectivity index (χ1v) is 5.49. The molecule has 0 amide bonds. The van der Waals surface area contributed by atoms with Crippen molar-refractivity contribution in [2.45, 2.75) is 6.92 Å². The summed E-state index contributed by atoms with van der Waals surface area (Å²) < 4.78 is 1.52. The fourth-order valence-corrected chi connectivity index (χ4v) is 1.37. The smallest absolute Gasteiger partial charge is 0.308 e. The number of carboxylic acids is 1. The van der Waals surface area contributed by atoms with Crippen molar-refractivity contribution in [2.24, 2.45) is 5.92 Å². The molecule has 7 heteroatoms. The molecule has 0 saturated carbocycles. The summed E-state index contributed by atoms with van der Waals surface area (Å²) in [6, 6.07) is 9.37. The van der Waals surface area contributed by atoms with E-state index in [-0.39, 0.29) is 6.54 Å². The highest BCUT2D eigenvalue weighted by molar-refractivity contribution is 5.70. The van der Waals surface area contributed by atoms with Crippen LogP contribution >= 0.6 is 0 Å². The number of aromatic nitrogens is 4. The summed E-state index contributed by atoms with van der Waals surface area (Å²) in [7, 11) is 0. The molecule has 2 rings (SSSR count). The summed E-state index contributed by atoms with van der Waals surface area (Å²) in [6.07, 6.45) is 0. The van der Waals surface area contributed by atoms with Crippen molar-refractivity contribution in [1.82, 2.24) is 20.2 Å². The fraction of sp³-hybridized carbons (Fsp3) is 0.273. The van der Waals surface area contributed by atoms with E-state index < -0.39 is 11.9 Å². The third kappa shape index (κ3) is 2.62. The van der Waals surface area contributed by atoms with Crippen LogP contribution in [-0.2, 0) is 4.79 Å². The normalized spacial score (nSPS) is 12.1. The Morgan fingerprint density at radius 3 is 2.83 bits per heavy atom. The van der Waals surface area contributed by atoms with Crippen LogP contribution in [0.25, 0.3) is 5.69 Å². The molecule has 0 aliphatic carbocycles. The molecule has 1 heterocycles. The maximum absolute atomic E-state index is 10.7. The standard InChI is InChI=1S/C11H13N5O2/c1-8(10(17)18)7-12-11-13-14-15-16(11)9-5-3-2-4-6-9/h2-6,8H,7H2,1H3,(H,17,18)(H,12,13,15). The lowest BCUT2D eigenvalue weighted by Crippen LogP contribution is -2.21. The van der Waals surface area contributed by atoms with E-state index in [2.05, 4.69) is 20.8 Å². The van der Waals surface area contributed by atoms with Crippen LogP contribution in [0, 0.1) is 5.92 Å². The second-order valence-corrected chi connectivity index (χ2v) is 3.87. The zero-order valence-electron chi connectivity index (χ0n) is 9.82. The minimum Gasteiger partial charge on any atom is -0.481 e. The van der Waals surface area contributed by atoms with E-state index in [0.29, 0.717) is 5.95 Å². The van der Waals surface area contributed by atoms with Crippen LogP contribution in [-0.4, -0.2) is 37.8 Å². The molecule has 0 fully saturated rings.